The maximum absolute atomic E-state index is 13.0. The molecule has 0 bridgehead atoms. The van der Waals surface area contributed by atoms with Crippen molar-refractivity contribution in [2.45, 2.75) is 25.3 Å². The molecule has 1 aliphatic rings. The number of amides is 2. The Bertz CT molecular complexity index is 584. The Hall–Kier alpha value is -1.44. The lowest BCUT2D eigenvalue weighted by molar-refractivity contribution is -0.118. The fourth-order valence-electron chi connectivity index (χ4n) is 2.02. The van der Waals surface area contributed by atoms with E-state index < -0.39 is 30.8 Å². The smallest absolute Gasteiger partial charge is 0.262 e. The van der Waals surface area contributed by atoms with Gasteiger partial charge < -0.3 is 10.6 Å². The summed E-state index contributed by atoms with van der Waals surface area (Å²) in [6, 6.07) is 3.55. The molecule has 0 aromatic heterocycles. The van der Waals surface area contributed by atoms with Gasteiger partial charge in [0.1, 0.15) is 0 Å². The van der Waals surface area contributed by atoms with Gasteiger partial charge in [0.15, 0.2) is 0 Å². The first kappa shape index (κ1) is 18.6. The van der Waals surface area contributed by atoms with E-state index in [-0.39, 0.29) is 18.3 Å². The number of carbonyl (C=O) groups is 2. The van der Waals surface area contributed by atoms with Crippen LogP contribution < -0.4 is 16.0 Å². The number of rotatable bonds is 3. The molecule has 1 aromatic rings. The highest BCUT2D eigenvalue weighted by atomic mass is 35.5. The van der Waals surface area contributed by atoms with Gasteiger partial charge in [-0.2, -0.15) is 0 Å². The Labute approximate surface area is 137 Å². The number of halogens is 4. The molecule has 9 heteroatoms. The first-order valence-electron chi connectivity index (χ1n) is 6.26. The second-order valence-electron chi connectivity index (χ2n) is 4.86. The predicted octanol–water partition coefficient (Wildman–Crippen LogP) is 2.66. The molecule has 3 N–H and O–H groups in total. The van der Waals surface area contributed by atoms with Crippen LogP contribution in [0.4, 0.5) is 20.2 Å². The van der Waals surface area contributed by atoms with Gasteiger partial charge in [0.2, 0.25) is 11.8 Å². The second-order valence-corrected chi connectivity index (χ2v) is 5.27. The van der Waals surface area contributed by atoms with Gasteiger partial charge in [0, 0.05) is 19.0 Å². The van der Waals surface area contributed by atoms with Crippen LogP contribution in [0.2, 0.25) is 5.02 Å². The lowest BCUT2D eigenvalue weighted by Crippen LogP contribution is -2.35. The molecule has 1 atom stereocenters. The van der Waals surface area contributed by atoms with Crippen LogP contribution >= 0.6 is 24.0 Å². The molecule has 1 saturated heterocycles. The largest absolute Gasteiger partial charge is 0.325 e. The van der Waals surface area contributed by atoms with E-state index in [0.717, 1.165) is 0 Å². The highest BCUT2D eigenvalue weighted by molar-refractivity contribution is 6.33. The second kappa shape index (κ2) is 7.21. The number of alkyl halides is 2. The highest BCUT2D eigenvalue weighted by Crippen LogP contribution is 2.28. The third-order valence-corrected chi connectivity index (χ3v) is 3.30. The fraction of sp³-hybridized carbons (Fsp3) is 0.385. The molecule has 1 heterocycles. The maximum Gasteiger partial charge on any atom is 0.262 e. The third kappa shape index (κ3) is 4.79. The molecule has 0 saturated carbocycles. The summed E-state index contributed by atoms with van der Waals surface area (Å²) >= 11 is 5.90. The van der Waals surface area contributed by atoms with E-state index in [0.29, 0.717) is 16.4 Å². The van der Waals surface area contributed by atoms with Crippen molar-refractivity contribution in [2.75, 3.05) is 17.2 Å². The van der Waals surface area contributed by atoms with Crippen molar-refractivity contribution in [3.8, 4) is 0 Å². The molecule has 1 aliphatic heterocycles. The van der Waals surface area contributed by atoms with Crippen LogP contribution in [0, 0.1) is 0 Å². The maximum atomic E-state index is 13.0. The molecule has 2 rings (SSSR count). The summed E-state index contributed by atoms with van der Waals surface area (Å²) in [4.78, 5) is 22.9. The average Bonchev–Trinajstić information content (AvgIpc) is 2.73. The molecule has 0 aliphatic carbocycles. The number of anilines is 2. The Morgan fingerprint density at radius 1 is 1.36 bits per heavy atom. The van der Waals surface area contributed by atoms with Crippen LogP contribution in [0.1, 0.15) is 13.3 Å². The lowest BCUT2D eigenvalue weighted by atomic mass is 10.1. The van der Waals surface area contributed by atoms with Crippen molar-refractivity contribution in [1.29, 1.82) is 0 Å². The standard InChI is InChI=1S/C13H14ClF2N3O2.ClH/c1-7(20)18-10-4-8(2-3-9(10)14)19-12(21)11-5-13(15,16)6-17-11;/h2-4,11,17H,5-6H2,1H3,(H,18,20)(H,19,21);1H. The van der Waals surface area contributed by atoms with Crippen LogP contribution in [0.15, 0.2) is 18.2 Å². The average molecular weight is 354 g/mol. The lowest BCUT2D eigenvalue weighted by Gasteiger charge is -2.13. The van der Waals surface area contributed by atoms with Crippen LogP contribution in [-0.2, 0) is 9.59 Å². The van der Waals surface area contributed by atoms with E-state index in [1.807, 2.05) is 0 Å². The van der Waals surface area contributed by atoms with Gasteiger partial charge in [-0.3, -0.25) is 14.9 Å². The van der Waals surface area contributed by atoms with Gasteiger partial charge in [-0.05, 0) is 18.2 Å². The minimum absolute atomic E-state index is 0. The number of carbonyl (C=O) groups excluding carboxylic acids is 2. The van der Waals surface area contributed by atoms with Crippen LogP contribution in [-0.4, -0.2) is 30.3 Å². The molecule has 5 nitrogen and oxygen atoms in total. The molecule has 0 radical (unpaired) electrons. The molecule has 1 unspecified atom stereocenters. The third-order valence-electron chi connectivity index (χ3n) is 2.97. The van der Waals surface area contributed by atoms with Crippen LogP contribution in [0.5, 0.6) is 0 Å². The Kier molecular flexibility index (Phi) is 6.10. The SMILES string of the molecule is CC(=O)Nc1cc(NC(=O)C2CC(F)(F)CN2)ccc1Cl.Cl. The summed E-state index contributed by atoms with van der Waals surface area (Å²) in [6.45, 7) is 0.814. The summed E-state index contributed by atoms with van der Waals surface area (Å²) in [6.07, 6.45) is -0.537. The Morgan fingerprint density at radius 2 is 2.05 bits per heavy atom. The first-order valence-corrected chi connectivity index (χ1v) is 6.64. The van der Waals surface area contributed by atoms with E-state index >= 15 is 0 Å². The Morgan fingerprint density at radius 3 is 2.59 bits per heavy atom. The predicted molar refractivity (Wildman–Crippen MR) is 83.0 cm³/mol. The number of benzene rings is 1. The minimum Gasteiger partial charge on any atom is -0.325 e. The Balaban J connectivity index is 0.00000242. The van der Waals surface area contributed by atoms with Gasteiger partial charge in [-0.15, -0.1) is 12.4 Å². The zero-order valence-corrected chi connectivity index (χ0v) is 13.2. The van der Waals surface area contributed by atoms with E-state index in [1.54, 1.807) is 0 Å². The van der Waals surface area contributed by atoms with Gasteiger partial charge in [-0.25, -0.2) is 8.78 Å². The summed E-state index contributed by atoms with van der Waals surface area (Å²) in [5.41, 5.74) is 0.705. The van der Waals surface area contributed by atoms with E-state index in [4.69, 9.17) is 11.6 Å². The molecular weight excluding hydrogens is 339 g/mol. The zero-order valence-electron chi connectivity index (χ0n) is 11.6. The zero-order chi connectivity index (χ0) is 15.6. The molecule has 0 spiro atoms. The van der Waals surface area contributed by atoms with Crippen molar-refractivity contribution in [3.05, 3.63) is 23.2 Å². The monoisotopic (exact) mass is 353 g/mol. The molecule has 1 fully saturated rings. The van der Waals surface area contributed by atoms with Crippen molar-refractivity contribution in [3.63, 3.8) is 0 Å². The fourth-order valence-corrected chi connectivity index (χ4v) is 2.18. The van der Waals surface area contributed by atoms with Crippen LogP contribution in [0.3, 0.4) is 0 Å². The number of hydrogen-bond acceptors (Lipinski definition) is 3. The minimum atomic E-state index is -2.87. The van der Waals surface area contributed by atoms with E-state index in [9.17, 15) is 18.4 Å². The molecule has 122 valence electrons. The van der Waals surface area contributed by atoms with Gasteiger partial charge in [-0.1, -0.05) is 11.6 Å². The summed E-state index contributed by atoms with van der Waals surface area (Å²) < 4.78 is 26.1. The van der Waals surface area contributed by atoms with E-state index in [2.05, 4.69) is 16.0 Å². The molecule has 2 amide bonds. The number of nitrogens with one attached hydrogen (secondary N) is 3. The molecular formula is C13H15Cl2F2N3O2. The van der Waals surface area contributed by atoms with Crippen molar-refractivity contribution < 1.29 is 18.4 Å². The topological polar surface area (TPSA) is 70.2 Å². The quantitative estimate of drug-likeness (QED) is 0.782. The molecule has 1 aromatic carbocycles. The van der Waals surface area contributed by atoms with Crippen molar-refractivity contribution in [2.24, 2.45) is 0 Å². The normalized spacial score (nSPS) is 19.2. The van der Waals surface area contributed by atoms with Crippen molar-refractivity contribution in [1.82, 2.24) is 5.32 Å². The summed E-state index contributed by atoms with van der Waals surface area (Å²) in [7, 11) is 0. The van der Waals surface area contributed by atoms with Gasteiger partial charge in [0.25, 0.3) is 5.92 Å². The number of hydrogen-bond donors (Lipinski definition) is 3. The summed E-state index contributed by atoms with van der Waals surface area (Å²) in [5, 5.41) is 7.81. The van der Waals surface area contributed by atoms with Gasteiger partial charge in [0.05, 0.1) is 23.3 Å². The van der Waals surface area contributed by atoms with Crippen molar-refractivity contribution >= 4 is 47.2 Å². The summed E-state index contributed by atoms with van der Waals surface area (Å²) in [5.74, 6) is -3.73. The molecule has 22 heavy (non-hydrogen) atoms. The van der Waals surface area contributed by atoms with Crippen LogP contribution in [0.25, 0.3) is 0 Å². The van der Waals surface area contributed by atoms with Gasteiger partial charge >= 0.3 is 0 Å². The highest BCUT2D eigenvalue weighted by Gasteiger charge is 2.42. The first-order chi connectivity index (χ1) is 9.77. The van der Waals surface area contributed by atoms with E-state index in [1.165, 1.54) is 25.1 Å².